The Bertz CT molecular complexity index is 735. The van der Waals surface area contributed by atoms with Crippen LogP contribution in [0.1, 0.15) is 69.7 Å². The fourth-order valence-electron chi connectivity index (χ4n) is 3.27. The zero-order valence-corrected chi connectivity index (χ0v) is 17.3. The molecule has 0 aliphatic heterocycles. The molecule has 2 aromatic rings. The van der Waals surface area contributed by atoms with Crippen molar-refractivity contribution < 1.29 is 9.36 Å². The second-order valence-electron chi connectivity index (χ2n) is 7.62. The van der Waals surface area contributed by atoms with E-state index in [-0.39, 0.29) is 5.78 Å². The van der Waals surface area contributed by atoms with E-state index in [1.165, 1.54) is 25.7 Å². The summed E-state index contributed by atoms with van der Waals surface area (Å²) in [6.45, 7) is 6.25. The van der Waals surface area contributed by atoms with Gasteiger partial charge >= 0.3 is 0 Å². The fourth-order valence-corrected chi connectivity index (χ4v) is 4.77. The maximum Gasteiger partial charge on any atom is 0.169 e. The topological polar surface area (TPSA) is 34.1 Å². The molecule has 0 saturated heterocycles. The largest absolute Gasteiger partial charge is 0.317 e. The van der Waals surface area contributed by atoms with Crippen LogP contribution in [-0.2, 0) is 4.57 Å². The third-order valence-electron chi connectivity index (χ3n) is 4.97. The van der Waals surface area contributed by atoms with Gasteiger partial charge in [-0.25, -0.2) is 0 Å². The van der Waals surface area contributed by atoms with Gasteiger partial charge < -0.3 is 4.57 Å². The van der Waals surface area contributed by atoms with Crippen LogP contribution in [0.15, 0.2) is 54.6 Å². The van der Waals surface area contributed by atoms with Gasteiger partial charge in [-0.1, -0.05) is 107 Å². The van der Waals surface area contributed by atoms with Gasteiger partial charge in [0.15, 0.2) is 5.78 Å². The molecule has 0 saturated carbocycles. The van der Waals surface area contributed by atoms with E-state index in [0.717, 1.165) is 18.1 Å². The van der Waals surface area contributed by atoms with E-state index in [0.29, 0.717) is 10.9 Å². The van der Waals surface area contributed by atoms with Gasteiger partial charge in [0, 0.05) is 21.6 Å². The molecule has 0 aliphatic rings. The molecule has 140 valence electrons. The Kier molecular flexibility index (Phi) is 7.85. The Morgan fingerprint density at radius 3 is 2.19 bits per heavy atom. The third-order valence-corrected chi connectivity index (χ3v) is 6.76. The molecule has 0 heterocycles. The van der Waals surface area contributed by atoms with Crippen LogP contribution in [0.3, 0.4) is 0 Å². The average molecular weight is 370 g/mol. The first-order valence-electron chi connectivity index (χ1n) is 9.71. The highest BCUT2D eigenvalue weighted by Gasteiger charge is 2.30. The van der Waals surface area contributed by atoms with Crippen molar-refractivity contribution in [3.8, 4) is 0 Å². The third kappa shape index (κ3) is 5.42. The number of rotatable bonds is 10. The molecular formula is C23H31O2P. The summed E-state index contributed by atoms with van der Waals surface area (Å²) in [5.41, 5.74) is 0.194. The van der Waals surface area contributed by atoms with Crippen LogP contribution in [0.25, 0.3) is 0 Å². The van der Waals surface area contributed by atoms with E-state index in [1.54, 1.807) is 0 Å². The predicted octanol–water partition coefficient (Wildman–Crippen LogP) is 5.77. The molecule has 0 spiro atoms. The molecule has 0 aromatic heterocycles. The van der Waals surface area contributed by atoms with E-state index >= 15 is 0 Å². The van der Waals surface area contributed by atoms with Crippen molar-refractivity contribution in [2.24, 2.45) is 5.41 Å². The normalized spacial score (nSPS) is 12.7. The number of benzene rings is 2. The second-order valence-corrected chi connectivity index (χ2v) is 9.39. The lowest BCUT2D eigenvalue weighted by Crippen LogP contribution is -2.28. The maximum atomic E-state index is 13.2. The SMILES string of the molecule is CCCCCCCC(C)(C)C(=O)c1ccccc1[PH](=O)c1ccccc1. The Labute approximate surface area is 158 Å². The van der Waals surface area contributed by atoms with E-state index < -0.39 is 13.2 Å². The highest BCUT2D eigenvalue weighted by molar-refractivity contribution is 7.61. The molecule has 2 rings (SSSR count). The van der Waals surface area contributed by atoms with Crippen molar-refractivity contribution in [1.82, 2.24) is 0 Å². The van der Waals surface area contributed by atoms with Gasteiger partial charge in [-0.15, -0.1) is 0 Å². The summed E-state index contributed by atoms with van der Waals surface area (Å²) in [6, 6.07) is 16.9. The fraction of sp³-hybridized carbons (Fsp3) is 0.435. The van der Waals surface area contributed by atoms with Crippen molar-refractivity contribution in [3.63, 3.8) is 0 Å². The maximum absolute atomic E-state index is 13.2. The molecular weight excluding hydrogens is 339 g/mol. The van der Waals surface area contributed by atoms with E-state index in [9.17, 15) is 9.36 Å². The van der Waals surface area contributed by atoms with E-state index in [2.05, 4.69) is 6.92 Å². The van der Waals surface area contributed by atoms with Crippen LogP contribution < -0.4 is 10.6 Å². The summed E-state index contributed by atoms with van der Waals surface area (Å²) in [7, 11) is -2.18. The van der Waals surface area contributed by atoms with Gasteiger partial charge in [0.05, 0.1) is 0 Å². The molecule has 0 aliphatic carbocycles. The number of Topliss-reactive ketones (excluding diaryl/α,β-unsaturated/α-hetero) is 1. The average Bonchev–Trinajstić information content (AvgIpc) is 2.67. The number of hydrogen-bond donors (Lipinski definition) is 0. The van der Waals surface area contributed by atoms with Crippen molar-refractivity contribution >= 4 is 24.2 Å². The number of carbonyl (C=O) groups is 1. The standard InChI is InChI=1S/C23H31O2P/c1-4-5-6-7-13-18-23(2,3)22(24)20-16-11-12-17-21(20)26(25)19-14-9-8-10-15-19/h8-12,14-17,26H,4-7,13,18H2,1-3H3. The number of unbranched alkanes of at least 4 members (excludes halogenated alkanes) is 4. The van der Waals surface area contributed by atoms with Crippen LogP contribution in [0.5, 0.6) is 0 Å². The molecule has 3 heteroatoms. The number of carbonyl (C=O) groups excluding carboxylic acids is 1. The molecule has 0 fully saturated rings. The monoisotopic (exact) mass is 370 g/mol. The first-order valence-corrected chi connectivity index (χ1v) is 11.1. The minimum Gasteiger partial charge on any atom is -0.317 e. The van der Waals surface area contributed by atoms with Gasteiger partial charge in [0.2, 0.25) is 0 Å². The molecule has 0 amide bonds. The summed E-state index contributed by atoms with van der Waals surface area (Å²) in [5, 5.41) is 1.49. The molecule has 26 heavy (non-hydrogen) atoms. The molecule has 0 radical (unpaired) electrons. The molecule has 0 N–H and O–H groups in total. The zero-order chi connectivity index (χ0) is 19.0. The van der Waals surface area contributed by atoms with Gasteiger partial charge in [-0.2, -0.15) is 0 Å². The summed E-state index contributed by atoms with van der Waals surface area (Å²) in [6.07, 6.45) is 6.83. The zero-order valence-electron chi connectivity index (χ0n) is 16.3. The first kappa shape index (κ1) is 20.6. The predicted molar refractivity (Wildman–Crippen MR) is 113 cm³/mol. The Morgan fingerprint density at radius 2 is 1.50 bits per heavy atom. The van der Waals surface area contributed by atoms with Crippen molar-refractivity contribution in [2.45, 2.75) is 59.3 Å². The molecule has 2 nitrogen and oxygen atoms in total. The van der Waals surface area contributed by atoms with E-state index in [1.807, 2.05) is 68.4 Å². The van der Waals surface area contributed by atoms with Crippen LogP contribution >= 0.6 is 7.80 Å². The molecule has 2 aromatic carbocycles. The van der Waals surface area contributed by atoms with Gasteiger partial charge in [0.1, 0.15) is 7.80 Å². The lowest BCUT2D eigenvalue weighted by Gasteiger charge is -2.24. The second kappa shape index (κ2) is 9.88. The van der Waals surface area contributed by atoms with E-state index in [4.69, 9.17) is 0 Å². The summed E-state index contributed by atoms with van der Waals surface area (Å²) >= 11 is 0. The van der Waals surface area contributed by atoms with Gasteiger partial charge in [-0.05, 0) is 6.42 Å². The molecule has 1 unspecified atom stereocenters. The molecule has 1 atom stereocenters. The van der Waals surface area contributed by atoms with Crippen molar-refractivity contribution in [1.29, 1.82) is 0 Å². The lowest BCUT2D eigenvalue weighted by molar-refractivity contribution is 0.0824. The minimum absolute atomic E-state index is 0.109. The van der Waals surface area contributed by atoms with Crippen LogP contribution in [-0.4, -0.2) is 5.78 Å². The summed E-state index contributed by atoms with van der Waals surface area (Å²) < 4.78 is 13.1. The first-order chi connectivity index (χ1) is 12.5. The van der Waals surface area contributed by atoms with Crippen LogP contribution in [0.2, 0.25) is 0 Å². The number of ketones is 1. The van der Waals surface area contributed by atoms with Crippen LogP contribution in [0.4, 0.5) is 0 Å². The van der Waals surface area contributed by atoms with Crippen molar-refractivity contribution in [3.05, 3.63) is 60.2 Å². The smallest absolute Gasteiger partial charge is 0.169 e. The Morgan fingerprint density at radius 1 is 0.885 bits per heavy atom. The number of hydrogen-bond acceptors (Lipinski definition) is 2. The lowest BCUT2D eigenvalue weighted by atomic mass is 9.79. The quantitative estimate of drug-likeness (QED) is 0.302. The van der Waals surface area contributed by atoms with Crippen molar-refractivity contribution in [2.75, 3.05) is 0 Å². The summed E-state index contributed by atoms with van der Waals surface area (Å²) in [4.78, 5) is 13.2. The Balaban J connectivity index is 2.17. The van der Waals surface area contributed by atoms with Gasteiger partial charge in [-0.3, -0.25) is 4.79 Å². The Hall–Kier alpha value is -1.66. The highest BCUT2D eigenvalue weighted by Crippen LogP contribution is 2.31. The minimum atomic E-state index is -2.18. The molecule has 0 bridgehead atoms. The van der Waals surface area contributed by atoms with Crippen LogP contribution in [0, 0.1) is 5.41 Å². The van der Waals surface area contributed by atoms with Gasteiger partial charge in [0.25, 0.3) is 0 Å². The summed E-state index contributed by atoms with van der Waals surface area (Å²) in [5.74, 6) is 0.109. The highest BCUT2D eigenvalue weighted by atomic mass is 31.1.